The minimum absolute atomic E-state index is 0.308. The monoisotopic (exact) mass is 267 g/mol. The Morgan fingerprint density at radius 1 is 1.16 bits per heavy atom. The van der Waals surface area contributed by atoms with Crippen LogP contribution in [0.1, 0.15) is 56.2 Å². The molecule has 3 heteroatoms. The van der Waals surface area contributed by atoms with Gasteiger partial charge < -0.3 is 5.73 Å². The number of aryl methyl sites for hydroxylation is 1. The molecule has 0 radical (unpaired) electrons. The van der Waals surface area contributed by atoms with Crippen molar-refractivity contribution in [2.75, 3.05) is 0 Å². The van der Waals surface area contributed by atoms with Crippen LogP contribution < -0.4 is 5.73 Å². The van der Waals surface area contributed by atoms with Gasteiger partial charge in [-0.1, -0.05) is 26.2 Å². The Bertz CT molecular complexity index is 437. The van der Waals surface area contributed by atoms with E-state index < -0.39 is 11.6 Å². The van der Waals surface area contributed by atoms with Crippen LogP contribution in [0.4, 0.5) is 8.78 Å². The molecular formula is C16H23F2N. The van der Waals surface area contributed by atoms with Gasteiger partial charge in [0.25, 0.3) is 0 Å². The molecule has 0 aliphatic heterocycles. The molecule has 106 valence electrons. The molecule has 2 rings (SSSR count). The third-order valence-electron chi connectivity index (χ3n) is 4.61. The fourth-order valence-corrected chi connectivity index (χ4v) is 3.14. The Morgan fingerprint density at radius 2 is 1.79 bits per heavy atom. The molecule has 1 nitrogen and oxygen atoms in total. The van der Waals surface area contributed by atoms with Crippen molar-refractivity contribution >= 4 is 0 Å². The number of nitrogens with two attached hydrogens (primary N) is 1. The van der Waals surface area contributed by atoms with Crippen LogP contribution in [-0.4, -0.2) is 0 Å². The molecule has 0 aromatic heterocycles. The van der Waals surface area contributed by atoms with Gasteiger partial charge in [0.1, 0.15) is 11.6 Å². The zero-order valence-corrected chi connectivity index (χ0v) is 11.8. The standard InChI is InChI=1S/C16H23F2N/c1-3-11-4-6-12(7-5-11)16(19)13-8-10(2)14(17)9-15(13)18/h8-9,11-12,16H,3-7,19H2,1-2H3. The van der Waals surface area contributed by atoms with Gasteiger partial charge in [0.2, 0.25) is 0 Å². The van der Waals surface area contributed by atoms with E-state index in [1.807, 2.05) is 0 Å². The van der Waals surface area contributed by atoms with Gasteiger partial charge in [-0.25, -0.2) is 8.78 Å². The summed E-state index contributed by atoms with van der Waals surface area (Å²) in [6.07, 6.45) is 5.67. The van der Waals surface area contributed by atoms with E-state index in [1.165, 1.54) is 19.3 Å². The summed E-state index contributed by atoms with van der Waals surface area (Å²) in [6.45, 7) is 3.87. The molecule has 2 N–H and O–H groups in total. The molecule has 0 heterocycles. The molecule has 1 aliphatic rings. The number of halogens is 2. The zero-order chi connectivity index (χ0) is 14.0. The first-order valence-electron chi connectivity index (χ1n) is 7.24. The second-order valence-electron chi connectivity index (χ2n) is 5.84. The molecule has 1 fully saturated rings. The van der Waals surface area contributed by atoms with Gasteiger partial charge in [0, 0.05) is 17.7 Å². The first-order chi connectivity index (χ1) is 9.02. The zero-order valence-electron chi connectivity index (χ0n) is 11.8. The van der Waals surface area contributed by atoms with E-state index in [1.54, 1.807) is 13.0 Å². The van der Waals surface area contributed by atoms with Gasteiger partial charge in [-0.2, -0.15) is 0 Å². The van der Waals surface area contributed by atoms with Gasteiger partial charge >= 0.3 is 0 Å². The summed E-state index contributed by atoms with van der Waals surface area (Å²) in [7, 11) is 0. The highest BCUT2D eigenvalue weighted by Crippen LogP contribution is 2.37. The van der Waals surface area contributed by atoms with E-state index >= 15 is 0 Å². The number of hydrogen-bond acceptors (Lipinski definition) is 1. The Labute approximate surface area is 114 Å². The van der Waals surface area contributed by atoms with Crippen molar-refractivity contribution in [3.05, 3.63) is 34.9 Å². The van der Waals surface area contributed by atoms with Crippen LogP contribution in [-0.2, 0) is 0 Å². The minimum atomic E-state index is -0.506. The van der Waals surface area contributed by atoms with Crippen molar-refractivity contribution in [2.24, 2.45) is 17.6 Å². The van der Waals surface area contributed by atoms with Crippen LogP contribution in [0.3, 0.4) is 0 Å². The second-order valence-corrected chi connectivity index (χ2v) is 5.84. The lowest BCUT2D eigenvalue weighted by Gasteiger charge is -2.32. The average molecular weight is 267 g/mol. The molecule has 0 spiro atoms. The molecule has 0 saturated heterocycles. The lowest BCUT2D eigenvalue weighted by atomic mass is 9.76. The Kier molecular flexibility index (Phi) is 4.56. The predicted octanol–water partition coefficient (Wildman–Crippen LogP) is 4.49. The maximum atomic E-state index is 13.9. The number of benzene rings is 1. The Morgan fingerprint density at radius 3 is 2.37 bits per heavy atom. The largest absolute Gasteiger partial charge is 0.324 e. The number of hydrogen-bond donors (Lipinski definition) is 1. The van der Waals surface area contributed by atoms with Gasteiger partial charge in [0.05, 0.1) is 0 Å². The minimum Gasteiger partial charge on any atom is -0.324 e. The van der Waals surface area contributed by atoms with Crippen LogP contribution in [0.25, 0.3) is 0 Å². The van der Waals surface area contributed by atoms with E-state index in [0.717, 1.165) is 24.8 Å². The van der Waals surface area contributed by atoms with Gasteiger partial charge in [-0.15, -0.1) is 0 Å². The highest BCUT2D eigenvalue weighted by molar-refractivity contribution is 5.28. The van der Waals surface area contributed by atoms with Gasteiger partial charge in [-0.3, -0.25) is 0 Å². The topological polar surface area (TPSA) is 26.0 Å². The van der Waals surface area contributed by atoms with E-state index in [9.17, 15) is 8.78 Å². The predicted molar refractivity (Wildman–Crippen MR) is 73.8 cm³/mol. The van der Waals surface area contributed by atoms with Crippen molar-refractivity contribution in [2.45, 2.75) is 52.0 Å². The Hall–Kier alpha value is -0.960. The van der Waals surface area contributed by atoms with E-state index in [-0.39, 0.29) is 6.04 Å². The van der Waals surface area contributed by atoms with Gasteiger partial charge in [0.15, 0.2) is 0 Å². The average Bonchev–Trinajstić information content (AvgIpc) is 2.42. The molecule has 1 aliphatic carbocycles. The quantitative estimate of drug-likeness (QED) is 0.858. The van der Waals surface area contributed by atoms with Crippen LogP contribution in [0.15, 0.2) is 12.1 Å². The molecule has 1 aromatic carbocycles. The molecule has 0 amide bonds. The molecule has 1 atom stereocenters. The van der Waals surface area contributed by atoms with Crippen molar-refractivity contribution in [3.63, 3.8) is 0 Å². The summed E-state index contributed by atoms with van der Waals surface area (Å²) in [5.41, 5.74) is 7.15. The summed E-state index contributed by atoms with van der Waals surface area (Å²) in [6, 6.07) is 2.22. The van der Waals surface area contributed by atoms with Crippen LogP contribution in [0, 0.1) is 30.4 Å². The van der Waals surface area contributed by atoms with Crippen molar-refractivity contribution in [3.8, 4) is 0 Å². The molecule has 1 aromatic rings. The molecule has 1 unspecified atom stereocenters. The smallest absolute Gasteiger partial charge is 0.130 e. The summed E-state index contributed by atoms with van der Waals surface area (Å²) < 4.78 is 27.1. The van der Waals surface area contributed by atoms with E-state index in [2.05, 4.69) is 6.92 Å². The van der Waals surface area contributed by atoms with E-state index in [4.69, 9.17) is 5.73 Å². The van der Waals surface area contributed by atoms with Crippen molar-refractivity contribution in [1.82, 2.24) is 0 Å². The molecule has 1 saturated carbocycles. The highest BCUT2D eigenvalue weighted by atomic mass is 19.1. The van der Waals surface area contributed by atoms with Crippen LogP contribution in [0.2, 0.25) is 0 Å². The first-order valence-corrected chi connectivity index (χ1v) is 7.24. The summed E-state index contributed by atoms with van der Waals surface area (Å²) in [4.78, 5) is 0. The second kappa shape index (κ2) is 6.00. The fraction of sp³-hybridized carbons (Fsp3) is 0.625. The third-order valence-corrected chi connectivity index (χ3v) is 4.61. The summed E-state index contributed by atoms with van der Waals surface area (Å²) in [5, 5.41) is 0. The van der Waals surface area contributed by atoms with Crippen LogP contribution >= 0.6 is 0 Å². The van der Waals surface area contributed by atoms with E-state index in [0.29, 0.717) is 17.0 Å². The lowest BCUT2D eigenvalue weighted by molar-refractivity contribution is 0.237. The van der Waals surface area contributed by atoms with Crippen molar-refractivity contribution in [1.29, 1.82) is 0 Å². The SMILES string of the molecule is CCC1CCC(C(N)c2cc(C)c(F)cc2F)CC1. The lowest BCUT2D eigenvalue weighted by Crippen LogP contribution is -2.27. The first kappa shape index (κ1) is 14.4. The number of rotatable bonds is 3. The third kappa shape index (κ3) is 3.14. The maximum absolute atomic E-state index is 13.9. The Balaban J connectivity index is 2.12. The van der Waals surface area contributed by atoms with Crippen LogP contribution in [0.5, 0.6) is 0 Å². The van der Waals surface area contributed by atoms with Gasteiger partial charge in [-0.05, 0) is 43.2 Å². The maximum Gasteiger partial charge on any atom is 0.130 e. The molecular weight excluding hydrogens is 244 g/mol. The fourth-order valence-electron chi connectivity index (χ4n) is 3.14. The normalized spacial score (nSPS) is 25.3. The van der Waals surface area contributed by atoms with Crippen molar-refractivity contribution < 1.29 is 8.78 Å². The highest BCUT2D eigenvalue weighted by Gasteiger charge is 2.27. The molecule has 0 bridgehead atoms. The molecule has 19 heavy (non-hydrogen) atoms. The summed E-state index contributed by atoms with van der Waals surface area (Å²) in [5.74, 6) is 0.113. The summed E-state index contributed by atoms with van der Waals surface area (Å²) >= 11 is 0.